The normalized spacial score (nSPS) is 17.9. The number of carboxylic acids is 1. The predicted molar refractivity (Wildman–Crippen MR) is 157 cm³/mol. The number of carbonyl (C=O) groups is 2. The molecule has 1 aliphatic heterocycles. The molecule has 0 bridgehead atoms. The second-order valence-corrected chi connectivity index (χ2v) is 16.9. The summed E-state index contributed by atoms with van der Waals surface area (Å²) in [7, 11) is -2.81. The summed E-state index contributed by atoms with van der Waals surface area (Å²) in [5.41, 5.74) is -0.723. The maximum absolute atomic E-state index is 12.3. The van der Waals surface area contributed by atoms with Crippen molar-refractivity contribution in [3.05, 3.63) is 71.2 Å². The molecule has 7 nitrogen and oxygen atoms in total. The van der Waals surface area contributed by atoms with Crippen molar-refractivity contribution in [2.45, 2.75) is 64.3 Å². The number of rotatable bonds is 8. The van der Waals surface area contributed by atoms with Crippen LogP contribution in [0.3, 0.4) is 0 Å². The Bertz CT molecular complexity index is 1090. The molecule has 2 atom stereocenters. The summed E-state index contributed by atoms with van der Waals surface area (Å²) in [6, 6.07) is 19.7. The van der Waals surface area contributed by atoms with Gasteiger partial charge in [0.05, 0.1) is 6.10 Å². The van der Waals surface area contributed by atoms with E-state index in [-0.39, 0.29) is 17.7 Å². The van der Waals surface area contributed by atoms with Crippen LogP contribution in [0.4, 0.5) is 4.79 Å². The number of nitrogens with zero attached hydrogens (tertiary/aromatic N) is 1. The Morgan fingerprint density at radius 1 is 1.03 bits per heavy atom. The molecule has 206 valence electrons. The van der Waals surface area contributed by atoms with Crippen LogP contribution >= 0.6 is 15.9 Å². The summed E-state index contributed by atoms with van der Waals surface area (Å²) in [4.78, 5) is 26.3. The fourth-order valence-corrected chi connectivity index (χ4v) is 10.1. The Balaban J connectivity index is 1.90. The first-order valence-electron chi connectivity index (χ1n) is 12.8. The molecule has 0 saturated heterocycles. The van der Waals surface area contributed by atoms with Crippen LogP contribution in [0.5, 0.6) is 0 Å². The number of benzene rings is 2. The lowest BCUT2D eigenvalue weighted by atomic mass is 10.2. The third-order valence-corrected chi connectivity index (χ3v) is 11.9. The molecule has 1 amide bonds. The van der Waals surface area contributed by atoms with Crippen LogP contribution in [-0.2, 0) is 14.0 Å². The Kier molecular flexibility index (Phi) is 9.62. The smallest absolute Gasteiger partial charge is 0.408 e. The number of carbonyl (C=O) groups excluding carboxylic acids is 1. The van der Waals surface area contributed by atoms with Crippen molar-refractivity contribution in [1.82, 2.24) is 10.2 Å². The van der Waals surface area contributed by atoms with Crippen molar-refractivity contribution in [3.63, 3.8) is 0 Å². The van der Waals surface area contributed by atoms with Gasteiger partial charge in [0.15, 0.2) is 0 Å². The quantitative estimate of drug-likeness (QED) is 0.432. The SMILES string of the molecule is CC(C)(C)OC(=O)NC(CN1CC(Br)=CC(O[Si](c2ccccc2)(c2ccccc2)C(C)(C)C)C1)C(=O)O. The van der Waals surface area contributed by atoms with E-state index in [1.807, 2.05) is 41.3 Å². The van der Waals surface area contributed by atoms with Gasteiger partial charge in [-0.2, -0.15) is 0 Å². The van der Waals surface area contributed by atoms with E-state index in [1.165, 1.54) is 10.4 Å². The van der Waals surface area contributed by atoms with Crippen LogP contribution in [-0.4, -0.2) is 67.8 Å². The zero-order chi connectivity index (χ0) is 28.1. The van der Waals surface area contributed by atoms with Crippen molar-refractivity contribution >= 4 is 46.7 Å². The number of alkyl carbamates (subject to hydrolysis) is 1. The maximum Gasteiger partial charge on any atom is 0.408 e. The molecule has 0 radical (unpaired) electrons. The van der Waals surface area contributed by atoms with Crippen molar-refractivity contribution in [2.24, 2.45) is 0 Å². The van der Waals surface area contributed by atoms with Crippen molar-refractivity contribution < 1.29 is 23.9 Å². The average molecular weight is 604 g/mol. The minimum atomic E-state index is -2.81. The molecule has 38 heavy (non-hydrogen) atoms. The van der Waals surface area contributed by atoms with E-state index in [4.69, 9.17) is 9.16 Å². The van der Waals surface area contributed by atoms with E-state index in [0.29, 0.717) is 13.1 Å². The van der Waals surface area contributed by atoms with Gasteiger partial charge in [-0.15, -0.1) is 0 Å². The molecular formula is C29H39BrN2O5Si. The van der Waals surface area contributed by atoms with E-state index in [9.17, 15) is 14.7 Å². The highest BCUT2D eigenvalue weighted by molar-refractivity contribution is 9.11. The number of halogens is 1. The molecule has 2 aromatic rings. The van der Waals surface area contributed by atoms with Crippen molar-refractivity contribution in [2.75, 3.05) is 19.6 Å². The Hall–Kier alpha value is -2.46. The fraction of sp³-hybridized carbons (Fsp3) is 0.448. The summed E-state index contributed by atoms with van der Waals surface area (Å²) in [5, 5.41) is 14.5. The van der Waals surface area contributed by atoms with Gasteiger partial charge in [-0.1, -0.05) is 97.4 Å². The Labute approximate surface area is 235 Å². The fourth-order valence-electron chi connectivity index (χ4n) is 4.86. The minimum absolute atomic E-state index is 0.109. The first-order chi connectivity index (χ1) is 17.7. The summed E-state index contributed by atoms with van der Waals surface area (Å²) in [6.45, 7) is 13.0. The van der Waals surface area contributed by atoms with Crippen LogP contribution in [0.25, 0.3) is 0 Å². The molecule has 0 saturated carbocycles. The zero-order valence-corrected chi connectivity index (χ0v) is 25.6. The summed E-state index contributed by atoms with van der Waals surface area (Å²) in [6.07, 6.45) is 1.03. The van der Waals surface area contributed by atoms with Gasteiger partial charge >= 0.3 is 12.1 Å². The molecule has 1 heterocycles. The van der Waals surface area contributed by atoms with E-state index in [1.54, 1.807) is 20.8 Å². The van der Waals surface area contributed by atoms with Gasteiger partial charge in [-0.05, 0) is 42.3 Å². The highest BCUT2D eigenvalue weighted by atomic mass is 79.9. The third-order valence-electron chi connectivity index (χ3n) is 6.35. The van der Waals surface area contributed by atoms with Gasteiger partial charge < -0.3 is 19.6 Å². The molecular weight excluding hydrogens is 564 g/mol. The topological polar surface area (TPSA) is 88.1 Å². The molecule has 2 N–H and O–H groups in total. The lowest BCUT2D eigenvalue weighted by Gasteiger charge is -2.46. The summed E-state index contributed by atoms with van der Waals surface area (Å²) < 4.78 is 13.4. The van der Waals surface area contributed by atoms with Gasteiger partial charge in [0.25, 0.3) is 8.32 Å². The molecule has 0 spiro atoms. The standard InChI is InChI=1S/C29H39BrN2O5Si/c1-28(2,3)36-27(35)31-25(26(33)34)20-32-18-21(30)17-22(19-32)37-38(29(4,5)6,23-13-9-7-10-14-23)24-15-11-8-12-16-24/h7-17,22,25H,18-20H2,1-6H3,(H,31,35)(H,33,34). The van der Waals surface area contributed by atoms with Crippen LogP contribution in [0.1, 0.15) is 41.5 Å². The van der Waals surface area contributed by atoms with Crippen molar-refractivity contribution in [3.8, 4) is 0 Å². The number of nitrogens with one attached hydrogen (secondary N) is 1. The lowest BCUT2D eigenvalue weighted by molar-refractivity contribution is -0.140. The van der Waals surface area contributed by atoms with Crippen LogP contribution < -0.4 is 15.7 Å². The van der Waals surface area contributed by atoms with Crippen molar-refractivity contribution in [1.29, 1.82) is 0 Å². The third kappa shape index (κ3) is 7.56. The molecule has 2 aromatic carbocycles. The number of carboxylic acid groups (broad SMARTS) is 1. The van der Waals surface area contributed by atoms with Crippen LogP contribution in [0, 0.1) is 0 Å². The van der Waals surface area contributed by atoms with E-state index in [0.717, 1.165) is 4.48 Å². The average Bonchev–Trinajstić information content (AvgIpc) is 2.81. The second-order valence-electron chi connectivity index (χ2n) is 11.7. The molecule has 9 heteroatoms. The van der Waals surface area contributed by atoms with Gasteiger partial charge in [0, 0.05) is 24.1 Å². The first kappa shape index (κ1) is 30.1. The predicted octanol–water partition coefficient (Wildman–Crippen LogP) is 4.50. The highest BCUT2D eigenvalue weighted by Crippen LogP contribution is 2.38. The van der Waals surface area contributed by atoms with Gasteiger partial charge in [-0.25, -0.2) is 9.59 Å². The molecule has 2 unspecified atom stereocenters. The Morgan fingerprint density at radius 2 is 1.55 bits per heavy atom. The Morgan fingerprint density at radius 3 is 2.00 bits per heavy atom. The molecule has 0 fully saturated rings. The number of ether oxygens (including phenoxy) is 1. The summed E-state index contributed by atoms with van der Waals surface area (Å²) in [5.74, 6) is -1.12. The monoisotopic (exact) mass is 602 g/mol. The van der Waals surface area contributed by atoms with E-state index >= 15 is 0 Å². The minimum Gasteiger partial charge on any atom is -0.480 e. The lowest BCUT2D eigenvalue weighted by Crippen LogP contribution is -2.68. The molecule has 3 rings (SSSR count). The number of amides is 1. The highest BCUT2D eigenvalue weighted by Gasteiger charge is 2.51. The van der Waals surface area contributed by atoms with Gasteiger partial charge in [0.2, 0.25) is 0 Å². The second kappa shape index (κ2) is 12.2. The van der Waals surface area contributed by atoms with Gasteiger partial charge in [-0.3, -0.25) is 4.90 Å². The van der Waals surface area contributed by atoms with Gasteiger partial charge in [0.1, 0.15) is 11.6 Å². The van der Waals surface area contributed by atoms with Crippen LogP contribution in [0.15, 0.2) is 71.2 Å². The molecule has 0 aromatic heterocycles. The maximum atomic E-state index is 12.3. The molecule has 1 aliphatic rings. The van der Waals surface area contributed by atoms with Crippen LogP contribution in [0.2, 0.25) is 5.04 Å². The number of aliphatic carboxylic acids is 1. The van der Waals surface area contributed by atoms with E-state index < -0.39 is 32.0 Å². The number of hydrogen-bond donors (Lipinski definition) is 2. The van der Waals surface area contributed by atoms with E-state index in [2.05, 4.69) is 72.4 Å². The first-order valence-corrected chi connectivity index (χ1v) is 15.5. The number of hydrogen-bond acceptors (Lipinski definition) is 5. The zero-order valence-electron chi connectivity index (χ0n) is 23.0. The summed E-state index contributed by atoms with van der Waals surface area (Å²) >= 11 is 3.65. The largest absolute Gasteiger partial charge is 0.480 e. The molecule has 0 aliphatic carbocycles.